The number of nitrogens with zero attached hydrogens (tertiary/aromatic N) is 3. The smallest absolute Gasteiger partial charge is 0.225 e. The first kappa shape index (κ1) is 15.3. The molecule has 21 heavy (non-hydrogen) atoms. The molecule has 1 heterocycles. The number of aromatic nitrogens is 3. The van der Waals surface area contributed by atoms with Crippen molar-refractivity contribution in [3.8, 4) is 5.75 Å². The highest BCUT2D eigenvalue weighted by molar-refractivity contribution is 6.32. The molecule has 0 fully saturated rings. The fraction of sp³-hybridized carbons (Fsp3) is 0.357. The second-order valence-corrected chi connectivity index (χ2v) is 5.52. The van der Waals surface area contributed by atoms with E-state index in [1.165, 1.54) is 0 Å². The molecule has 0 saturated carbocycles. The van der Waals surface area contributed by atoms with Crippen molar-refractivity contribution < 1.29 is 4.74 Å². The van der Waals surface area contributed by atoms with E-state index in [1.54, 1.807) is 0 Å². The Morgan fingerprint density at radius 3 is 2.38 bits per heavy atom. The zero-order valence-corrected chi connectivity index (χ0v) is 12.8. The van der Waals surface area contributed by atoms with Crippen LogP contribution in [0.4, 0.5) is 11.9 Å². The summed E-state index contributed by atoms with van der Waals surface area (Å²) in [5.41, 5.74) is 12.0. The summed E-state index contributed by atoms with van der Waals surface area (Å²) >= 11 is 6.21. The maximum absolute atomic E-state index is 6.21. The Balaban J connectivity index is 2.12. The lowest BCUT2D eigenvalue weighted by atomic mass is 10.1. The minimum Gasteiger partial charge on any atom is -0.492 e. The van der Waals surface area contributed by atoms with E-state index >= 15 is 0 Å². The number of hydrogen-bond acceptors (Lipinski definition) is 6. The molecule has 0 aliphatic carbocycles. The summed E-state index contributed by atoms with van der Waals surface area (Å²) in [5, 5.41) is 0.558. The molecule has 0 amide bonds. The topological polar surface area (TPSA) is 99.9 Å². The van der Waals surface area contributed by atoms with Gasteiger partial charge in [0.25, 0.3) is 0 Å². The number of benzene rings is 1. The van der Waals surface area contributed by atoms with Crippen molar-refractivity contribution in [1.29, 1.82) is 0 Å². The van der Waals surface area contributed by atoms with Gasteiger partial charge in [-0.15, -0.1) is 0 Å². The Labute approximate surface area is 128 Å². The van der Waals surface area contributed by atoms with E-state index < -0.39 is 0 Å². The molecule has 0 aliphatic rings. The maximum atomic E-state index is 6.21. The zero-order valence-electron chi connectivity index (χ0n) is 12.0. The molecule has 4 N–H and O–H groups in total. The Morgan fingerprint density at radius 1 is 1.14 bits per heavy atom. The van der Waals surface area contributed by atoms with Crippen molar-refractivity contribution >= 4 is 23.5 Å². The summed E-state index contributed by atoms with van der Waals surface area (Å²) in [6, 6.07) is 5.58. The second-order valence-electron chi connectivity index (χ2n) is 5.11. The molecule has 2 aromatic rings. The molecular weight excluding hydrogens is 290 g/mol. The highest BCUT2D eigenvalue weighted by Crippen LogP contribution is 2.26. The van der Waals surface area contributed by atoms with Gasteiger partial charge in [0, 0.05) is 6.42 Å². The van der Waals surface area contributed by atoms with E-state index in [-0.39, 0.29) is 11.9 Å². The Kier molecular flexibility index (Phi) is 4.80. The van der Waals surface area contributed by atoms with Crippen LogP contribution in [0, 0.1) is 5.92 Å². The summed E-state index contributed by atoms with van der Waals surface area (Å²) in [5.74, 6) is 1.84. The molecule has 0 aliphatic heterocycles. The molecule has 1 aromatic heterocycles. The van der Waals surface area contributed by atoms with Crippen LogP contribution in [-0.2, 0) is 6.42 Å². The average molecular weight is 308 g/mol. The molecule has 7 heteroatoms. The predicted molar refractivity (Wildman–Crippen MR) is 83.2 cm³/mol. The van der Waals surface area contributed by atoms with Crippen LogP contribution < -0.4 is 16.2 Å². The van der Waals surface area contributed by atoms with Crippen molar-refractivity contribution in [3.63, 3.8) is 0 Å². The predicted octanol–water partition coefficient (Wildman–Crippen LogP) is 2.31. The molecule has 0 saturated heterocycles. The van der Waals surface area contributed by atoms with E-state index in [1.807, 2.05) is 18.2 Å². The zero-order chi connectivity index (χ0) is 15.4. The highest BCUT2D eigenvalue weighted by atomic mass is 35.5. The van der Waals surface area contributed by atoms with Gasteiger partial charge in [-0.3, -0.25) is 0 Å². The van der Waals surface area contributed by atoms with E-state index in [4.69, 9.17) is 27.8 Å². The number of nitrogen functional groups attached to an aromatic ring is 2. The summed E-state index contributed by atoms with van der Waals surface area (Å²) in [7, 11) is 0. The van der Waals surface area contributed by atoms with Crippen LogP contribution in [0.25, 0.3) is 0 Å². The maximum Gasteiger partial charge on any atom is 0.225 e. The fourth-order valence-electron chi connectivity index (χ4n) is 1.75. The first-order valence-electron chi connectivity index (χ1n) is 6.61. The largest absolute Gasteiger partial charge is 0.492 e. The van der Waals surface area contributed by atoms with Crippen molar-refractivity contribution in [2.75, 3.05) is 18.1 Å². The molecule has 0 radical (unpaired) electrons. The molecule has 112 valence electrons. The Bertz CT molecular complexity index is 613. The van der Waals surface area contributed by atoms with Crippen molar-refractivity contribution in [3.05, 3.63) is 34.6 Å². The van der Waals surface area contributed by atoms with Crippen LogP contribution in [0.5, 0.6) is 5.75 Å². The second kappa shape index (κ2) is 6.58. The SMILES string of the molecule is CC(C)COc1ccc(Cc2nc(N)nc(N)n2)cc1Cl. The quantitative estimate of drug-likeness (QED) is 0.879. The molecule has 0 spiro atoms. The average Bonchev–Trinajstić information content (AvgIpc) is 2.36. The first-order valence-corrected chi connectivity index (χ1v) is 6.99. The van der Waals surface area contributed by atoms with Crippen LogP contribution in [0.15, 0.2) is 18.2 Å². The third kappa shape index (κ3) is 4.46. The number of rotatable bonds is 5. The number of anilines is 2. The molecule has 1 aromatic carbocycles. The summed E-state index contributed by atoms with van der Waals surface area (Å²) in [4.78, 5) is 11.8. The van der Waals surface area contributed by atoms with Gasteiger partial charge in [0.15, 0.2) is 0 Å². The van der Waals surface area contributed by atoms with E-state index in [2.05, 4.69) is 28.8 Å². The lowest BCUT2D eigenvalue weighted by Crippen LogP contribution is -2.07. The number of nitrogens with two attached hydrogens (primary N) is 2. The minimum absolute atomic E-state index is 0.112. The molecular formula is C14H18ClN5O. The number of hydrogen-bond donors (Lipinski definition) is 2. The van der Waals surface area contributed by atoms with Gasteiger partial charge in [0.2, 0.25) is 11.9 Å². The van der Waals surface area contributed by atoms with Crippen molar-refractivity contribution in [2.24, 2.45) is 5.92 Å². The van der Waals surface area contributed by atoms with Gasteiger partial charge in [-0.25, -0.2) is 0 Å². The van der Waals surface area contributed by atoms with Crippen molar-refractivity contribution in [1.82, 2.24) is 15.0 Å². The Morgan fingerprint density at radius 2 is 1.81 bits per heavy atom. The lowest BCUT2D eigenvalue weighted by Gasteiger charge is -2.11. The number of ether oxygens (including phenoxy) is 1. The standard InChI is InChI=1S/C14H18ClN5O/c1-8(2)7-21-11-4-3-9(5-10(11)15)6-12-18-13(16)20-14(17)19-12/h3-5,8H,6-7H2,1-2H3,(H4,16,17,18,19,20). The van der Waals surface area contributed by atoms with Gasteiger partial charge in [0.1, 0.15) is 11.6 Å². The third-order valence-corrected chi connectivity index (χ3v) is 2.94. The molecule has 0 bridgehead atoms. The van der Waals surface area contributed by atoms with Crippen LogP contribution in [0.1, 0.15) is 25.2 Å². The van der Waals surface area contributed by atoms with Crippen LogP contribution >= 0.6 is 11.6 Å². The van der Waals surface area contributed by atoms with Gasteiger partial charge in [-0.05, 0) is 23.6 Å². The fourth-order valence-corrected chi connectivity index (χ4v) is 2.00. The van der Waals surface area contributed by atoms with Gasteiger partial charge < -0.3 is 16.2 Å². The van der Waals surface area contributed by atoms with Crippen molar-refractivity contribution in [2.45, 2.75) is 20.3 Å². The third-order valence-electron chi connectivity index (χ3n) is 2.65. The van der Waals surface area contributed by atoms with Gasteiger partial charge in [-0.2, -0.15) is 15.0 Å². The van der Waals surface area contributed by atoms with Gasteiger partial charge >= 0.3 is 0 Å². The van der Waals surface area contributed by atoms with E-state index in [0.717, 1.165) is 5.56 Å². The highest BCUT2D eigenvalue weighted by Gasteiger charge is 2.08. The lowest BCUT2D eigenvalue weighted by molar-refractivity contribution is 0.271. The summed E-state index contributed by atoms with van der Waals surface area (Å²) in [6.45, 7) is 4.79. The van der Waals surface area contributed by atoms with E-state index in [0.29, 0.717) is 35.5 Å². The summed E-state index contributed by atoms with van der Waals surface area (Å²) in [6.07, 6.45) is 0.473. The molecule has 2 rings (SSSR count). The molecule has 0 atom stereocenters. The number of halogens is 1. The van der Waals surface area contributed by atoms with Gasteiger partial charge in [0.05, 0.1) is 11.6 Å². The van der Waals surface area contributed by atoms with E-state index in [9.17, 15) is 0 Å². The molecule has 6 nitrogen and oxygen atoms in total. The molecule has 0 unspecified atom stereocenters. The van der Waals surface area contributed by atoms with Crippen LogP contribution in [-0.4, -0.2) is 21.6 Å². The Hall–Kier alpha value is -2.08. The monoisotopic (exact) mass is 307 g/mol. The van der Waals surface area contributed by atoms with Crippen LogP contribution in [0.3, 0.4) is 0 Å². The van der Waals surface area contributed by atoms with Gasteiger partial charge in [-0.1, -0.05) is 31.5 Å². The minimum atomic E-state index is 0.112. The first-order chi connectivity index (χ1) is 9.94. The summed E-state index contributed by atoms with van der Waals surface area (Å²) < 4.78 is 5.63. The van der Waals surface area contributed by atoms with Crippen LogP contribution in [0.2, 0.25) is 5.02 Å². The normalized spacial score (nSPS) is 10.9.